The van der Waals surface area contributed by atoms with Gasteiger partial charge in [-0.25, -0.2) is 14.2 Å². The minimum Gasteiger partial charge on any atom is -0.496 e. The number of thiophene rings is 1. The lowest BCUT2D eigenvalue weighted by Crippen LogP contribution is -2.53. The molecule has 0 fully saturated rings. The number of halogens is 1. The van der Waals surface area contributed by atoms with Gasteiger partial charge in [0.2, 0.25) is 0 Å². The highest BCUT2D eigenvalue weighted by Gasteiger charge is 2.28. The molecule has 14 heteroatoms. The van der Waals surface area contributed by atoms with Gasteiger partial charge in [0.05, 0.1) is 49.7 Å². The van der Waals surface area contributed by atoms with Crippen LogP contribution in [0.25, 0.3) is 15.2 Å². The van der Waals surface area contributed by atoms with Crippen LogP contribution in [0.4, 0.5) is 4.39 Å². The first-order valence-electron chi connectivity index (χ1n) is 12.1. The SMILES string of the molecule is COc1ccc(F)cc1C(=O)Cn1c(=O)n(N(C)C(=O)c2ccccc2OC)c(=O)c2c(C)c(-n3nccn3)sc21. The van der Waals surface area contributed by atoms with Crippen LogP contribution in [0.1, 0.15) is 26.3 Å². The molecule has 0 unspecified atom stereocenters. The predicted octanol–water partition coefficient (Wildman–Crippen LogP) is 2.56. The van der Waals surface area contributed by atoms with Gasteiger partial charge in [-0.2, -0.15) is 14.9 Å². The summed E-state index contributed by atoms with van der Waals surface area (Å²) in [6, 6.07) is 9.82. The molecule has 0 bridgehead atoms. The number of ether oxygens (including phenoxy) is 2. The Labute approximate surface area is 235 Å². The molecule has 3 heterocycles. The molecule has 0 N–H and O–H groups in total. The highest BCUT2D eigenvalue weighted by Crippen LogP contribution is 2.31. The summed E-state index contributed by atoms with van der Waals surface area (Å²) in [5.74, 6) is -1.67. The number of benzene rings is 2. The first-order valence-corrected chi connectivity index (χ1v) is 12.9. The van der Waals surface area contributed by atoms with E-state index in [1.807, 2.05) is 0 Å². The maximum atomic E-state index is 14.1. The molecule has 0 spiro atoms. The molecule has 0 radical (unpaired) electrons. The zero-order valence-electron chi connectivity index (χ0n) is 22.3. The molecule has 0 aliphatic rings. The van der Waals surface area contributed by atoms with E-state index in [2.05, 4.69) is 10.2 Å². The fourth-order valence-electron chi connectivity index (χ4n) is 4.45. The van der Waals surface area contributed by atoms with Gasteiger partial charge in [0.1, 0.15) is 27.1 Å². The second kappa shape index (κ2) is 10.8. The molecule has 5 aromatic rings. The molecule has 0 saturated carbocycles. The Kier molecular flexibility index (Phi) is 7.24. The number of ketones is 1. The van der Waals surface area contributed by atoms with Crippen LogP contribution in [0.2, 0.25) is 0 Å². The predicted molar refractivity (Wildman–Crippen MR) is 149 cm³/mol. The van der Waals surface area contributed by atoms with Crippen molar-refractivity contribution < 1.29 is 23.5 Å². The number of hydrogen-bond acceptors (Lipinski definition) is 9. The molecule has 41 heavy (non-hydrogen) atoms. The monoisotopic (exact) mass is 578 g/mol. The summed E-state index contributed by atoms with van der Waals surface area (Å²) < 4.78 is 26.3. The largest absolute Gasteiger partial charge is 0.496 e. The van der Waals surface area contributed by atoms with E-state index in [1.165, 1.54) is 50.6 Å². The van der Waals surface area contributed by atoms with E-state index in [0.717, 1.165) is 33.0 Å². The van der Waals surface area contributed by atoms with Crippen molar-refractivity contribution in [1.29, 1.82) is 0 Å². The molecular formula is C27H23FN6O6S. The fourth-order valence-corrected chi connectivity index (χ4v) is 5.66. The molecule has 2 aromatic carbocycles. The number of para-hydroxylation sites is 1. The molecule has 1 amide bonds. The zero-order chi connectivity index (χ0) is 29.4. The van der Waals surface area contributed by atoms with Crippen LogP contribution in [0.5, 0.6) is 11.5 Å². The number of aryl methyl sites for hydroxylation is 1. The van der Waals surface area contributed by atoms with Gasteiger partial charge in [0, 0.05) is 12.6 Å². The Bertz CT molecular complexity index is 1930. The Hall–Kier alpha value is -5.11. The maximum Gasteiger partial charge on any atom is 0.352 e. The highest BCUT2D eigenvalue weighted by atomic mass is 32.1. The maximum absolute atomic E-state index is 14.1. The van der Waals surface area contributed by atoms with Gasteiger partial charge in [-0.3, -0.25) is 19.0 Å². The minimum absolute atomic E-state index is 0.0839. The Balaban J connectivity index is 1.75. The van der Waals surface area contributed by atoms with E-state index < -0.39 is 35.3 Å². The normalized spacial score (nSPS) is 11.0. The minimum atomic E-state index is -0.960. The van der Waals surface area contributed by atoms with Gasteiger partial charge in [-0.1, -0.05) is 23.5 Å². The number of carbonyl (C=O) groups excluding carboxylic acids is 2. The Morgan fingerprint density at radius 2 is 1.66 bits per heavy atom. The third kappa shape index (κ3) is 4.67. The molecule has 0 aliphatic carbocycles. The number of rotatable bonds is 8. The average Bonchev–Trinajstić information content (AvgIpc) is 3.62. The van der Waals surface area contributed by atoms with E-state index in [1.54, 1.807) is 25.1 Å². The summed E-state index contributed by atoms with van der Waals surface area (Å²) in [6.07, 6.45) is 2.91. The van der Waals surface area contributed by atoms with Crippen LogP contribution < -0.4 is 25.7 Å². The summed E-state index contributed by atoms with van der Waals surface area (Å²) in [7, 11) is 3.99. The van der Waals surface area contributed by atoms with Crippen LogP contribution in [0, 0.1) is 12.7 Å². The molecule has 210 valence electrons. The number of hydrogen-bond donors (Lipinski definition) is 0. The van der Waals surface area contributed by atoms with Crippen molar-refractivity contribution in [3.8, 4) is 16.5 Å². The summed E-state index contributed by atoms with van der Waals surface area (Å²) in [6.45, 7) is 1.07. The molecule has 3 aromatic heterocycles. The number of carbonyl (C=O) groups is 2. The topological polar surface area (TPSA) is 131 Å². The second-order valence-corrected chi connectivity index (χ2v) is 9.79. The van der Waals surface area contributed by atoms with Crippen LogP contribution >= 0.6 is 11.3 Å². The van der Waals surface area contributed by atoms with Gasteiger partial charge in [-0.15, -0.1) is 4.80 Å². The van der Waals surface area contributed by atoms with E-state index in [4.69, 9.17) is 9.47 Å². The second-order valence-electron chi connectivity index (χ2n) is 8.81. The van der Waals surface area contributed by atoms with Crippen LogP contribution in [-0.4, -0.2) is 57.2 Å². The first kappa shape index (κ1) is 27.5. The highest BCUT2D eigenvalue weighted by molar-refractivity contribution is 7.21. The van der Waals surface area contributed by atoms with Crippen LogP contribution in [-0.2, 0) is 6.54 Å². The molecule has 0 aliphatic heterocycles. The summed E-state index contributed by atoms with van der Waals surface area (Å²) in [5, 5.41) is 9.64. The van der Waals surface area contributed by atoms with Gasteiger partial charge < -0.3 is 9.47 Å². The first-order chi connectivity index (χ1) is 19.7. The van der Waals surface area contributed by atoms with Gasteiger partial charge in [0.25, 0.3) is 11.5 Å². The smallest absolute Gasteiger partial charge is 0.352 e. The number of fused-ring (bicyclic) bond motifs is 1. The van der Waals surface area contributed by atoms with Crippen molar-refractivity contribution in [2.45, 2.75) is 13.5 Å². The molecule has 12 nitrogen and oxygen atoms in total. The van der Waals surface area contributed by atoms with Crippen molar-refractivity contribution in [1.82, 2.24) is 24.2 Å². The van der Waals surface area contributed by atoms with Crippen molar-refractivity contribution in [2.75, 3.05) is 26.3 Å². The van der Waals surface area contributed by atoms with Crippen molar-refractivity contribution in [3.05, 3.63) is 98.2 Å². The summed E-state index contributed by atoms with van der Waals surface area (Å²) in [4.78, 5) is 56.2. The van der Waals surface area contributed by atoms with E-state index in [9.17, 15) is 23.6 Å². The lowest BCUT2D eigenvalue weighted by atomic mass is 10.1. The van der Waals surface area contributed by atoms with Gasteiger partial charge in [-0.05, 0) is 37.3 Å². The Morgan fingerprint density at radius 1 is 1.00 bits per heavy atom. The third-order valence-electron chi connectivity index (χ3n) is 6.46. The van der Waals surface area contributed by atoms with E-state index in [0.29, 0.717) is 15.2 Å². The lowest BCUT2D eigenvalue weighted by Gasteiger charge is -2.21. The van der Waals surface area contributed by atoms with Crippen molar-refractivity contribution >= 4 is 33.2 Å². The van der Waals surface area contributed by atoms with Crippen LogP contribution in [0.3, 0.4) is 0 Å². The summed E-state index contributed by atoms with van der Waals surface area (Å²) in [5.41, 5.74) is -1.29. The fraction of sp³-hybridized carbons (Fsp3) is 0.185. The lowest BCUT2D eigenvalue weighted by molar-refractivity contribution is 0.0960. The van der Waals surface area contributed by atoms with Gasteiger partial charge >= 0.3 is 5.69 Å². The van der Waals surface area contributed by atoms with Crippen molar-refractivity contribution in [3.63, 3.8) is 0 Å². The number of nitrogens with zero attached hydrogens (tertiary/aromatic N) is 6. The van der Waals surface area contributed by atoms with Gasteiger partial charge in [0.15, 0.2) is 5.78 Å². The van der Waals surface area contributed by atoms with Crippen LogP contribution in [0.15, 0.2) is 64.4 Å². The van der Waals surface area contributed by atoms with E-state index in [-0.39, 0.29) is 32.8 Å². The van der Waals surface area contributed by atoms with Crippen molar-refractivity contribution in [2.24, 2.45) is 0 Å². The third-order valence-corrected chi connectivity index (χ3v) is 7.74. The average molecular weight is 579 g/mol. The van der Waals surface area contributed by atoms with E-state index >= 15 is 0 Å². The zero-order valence-corrected chi connectivity index (χ0v) is 23.1. The number of methoxy groups -OCH3 is 2. The number of amides is 1. The molecular weight excluding hydrogens is 555 g/mol. The molecule has 0 saturated heterocycles. The number of Topliss-reactive ketones (excluding diaryl/α,β-unsaturated/α-hetero) is 1. The quantitative estimate of drug-likeness (QED) is 0.257. The standard InChI is InChI=1S/C27H23FN6O6S/c1-15-22-24(37)33(31(2)23(36)17-7-5-6-8-20(17)39-3)27(38)32(26(22)41-25(15)34-29-11-12-30-34)14-19(35)18-13-16(28)9-10-21(18)40-4/h5-13H,14H2,1-4H3. The molecule has 5 rings (SSSR count). The molecule has 0 atom stereocenters. The Morgan fingerprint density at radius 3 is 2.34 bits per heavy atom. The number of aromatic nitrogens is 5. The summed E-state index contributed by atoms with van der Waals surface area (Å²) >= 11 is 1.02.